The van der Waals surface area contributed by atoms with Crippen LogP contribution in [0, 0.1) is 23.2 Å². The SMILES string of the molecule is CC1CC2(CN(Cc3ccccc3)CC2C(=O)O)C1C. The number of hydrogen-bond acceptors (Lipinski definition) is 2. The van der Waals surface area contributed by atoms with Gasteiger partial charge in [0.25, 0.3) is 0 Å². The zero-order chi connectivity index (χ0) is 14.3. The third kappa shape index (κ3) is 2.05. The van der Waals surface area contributed by atoms with E-state index in [-0.39, 0.29) is 11.3 Å². The summed E-state index contributed by atoms with van der Waals surface area (Å²) in [5, 5.41) is 9.58. The molecule has 1 N–H and O–H groups in total. The Balaban J connectivity index is 1.76. The molecule has 1 aliphatic carbocycles. The molecular weight excluding hydrogens is 250 g/mol. The van der Waals surface area contributed by atoms with Gasteiger partial charge in [-0.1, -0.05) is 44.2 Å². The minimum absolute atomic E-state index is 0.0139. The highest BCUT2D eigenvalue weighted by Gasteiger charge is 2.60. The van der Waals surface area contributed by atoms with Crippen molar-refractivity contribution in [1.29, 1.82) is 0 Å². The van der Waals surface area contributed by atoms with E-state index in [1.54, 1.807) is 0 Å². The van der Waals surface area contributed by atoms with Gasteiger partial charge in [-0.3, -0.25) is 9.69 Å². The summed E-state index contributed by atoms with van der Waals surface area (Å²) in [5.41, 5.74) is 1.29. The molecule has 20 heavy (non-hydrogen) atoms. The predicted molar refractivity (Wildman–Crippen MR) is 78.2 cm³/mol. The zero-order valence-electron chi connectivity index (χ0n) is 12.2. The van der Waals surface area contributed by atoms with E-state index in [1.165, 1.54) is 5.56 Å². The lowest BCUT2D eigenvalue weighted by atomic mass is 9.51. The molecule has 0 amide bonds. The average Bonchev–Trinajstić information content (AvgIpc) is 2.81. The molecule has 1 saturated heterocycles. The van der Waals surface area contributed by atoms with Crippen molar-refractivity contribution in [1.82, 2.24) is 4.90 Å². The highest BCUT2D eigenvalue weighted by Crippen LogP contribution is 2.58. The maximum atomic E-state index is 11.6. The lowest BCUT2D eigenvalue weighted by Crippen LogP contribution is -2.52. The molecule has 1 aliphatic heterocycles. The largest absolute Gasteiger partial charge is 0.481 e. The van der Waals surface area contributed by atoms with E-state index < -0.39 is 5.97 Å². The van der Waals surface area contributed by atoms with Gasteiger partial charge in [0.05, 0.1) is 5.92 Å². The van der Waals surface area contributed by atoms with Crippen LogP contribution in [0.2, 0.25) is 0 Å². The lowest BCUT2D eigenvalue weighted by Gasteiger charge is -2.53. The molecule has 1 heterocycles. The summed E-state index contributed by atoms with van der Waals surface area (Å²) in [6.45, 7) is 6.98. The molecule has 3 heteroatoms. The first-order valence-corrected chi connectivity index (χ1v) is 7.52. The van der Waals surface area contributed by atoms with Gasteiger partial charge in [0, 0.05) is 25.0 Å². The highest BCUT2D eigenvalue weighted by atomic mass is 16.4. The molecule has 1 saturated carbocycles. The third-order valence-electron chi connectivity index (χ3n) is 5.66. The van der Waals surface area contributed by atoms with Gasteiger partial charge in [0.15, 0.2) is 0 Å². The number of nitrogens with zero attached hydrogens (tertiary/aromatic N) is 1. The number of aliphatic carboxylic acids is 1. The second-order valence-corrected chi connectivity index (χ2v) is 6.75. The van der Waals surface area contributed by atoms with Crippen LogP contribution >= 0.6 is 0 Å². The van der Waals surface area contributed by atoms with Crippen molar-refractivity contribution in [2.45, 2.75) is 26.8 Å². The minimum atomic E-state index is -0.612. The van der Waals surface area contributed by atoms with Crippen LogP contribution < -0.4 is 0 Å². The van der Waals surface area contributed by atoms with E-state index in [1.807, 2.05) is 18.2 Å². The predicted octanol–water partition coefficient (Wildman–Crippen LogP) is 2.87. The first-order chi connectivity index (χ1) is 9.53. The van der Waals surface area contributed by atoms with Gasteiger partial charge in [0.1, 0.15) is 0 Å². The smallest absolute Gasteiger partial charge is 0.308 e. The van der Waals surface area contributed by atoms with Crippen LogP contribution in [-0.4, -0.2) is 29.1 Å². The molecule has 4 unspecified atom stereocenters. The van der Waals surface area contributed by atoms with Crippen molar-refractivity contribution >= 4 is 5.97 Å². The summed E-state index contributed by atoms with van der Waals surface area (Å²) in [6, 6.07) is 10.3. The monoisotopic (exact) mass is 273 g/mol. The molecule has 108 valence electrons. The molecule has 3 rings (SSSR count). The molecule has 0 aromatic heterocycles. The van der Waals surface area contributed by atoms with Gasteiger partial charge in [-0.15, -0.1) is 0 Å². The van der Waals surface area contributed by atoms with Gasteiger partial charge in [-0.05, 0) is 23.8 Å². The Morgan fingerprint density at radius 1 is 1.35 bits per heavy atom. The number of carbonyl (C=O) groups is 1. The molecule has 1 spiro atoms. The normalized spacial score (nSPS) is 37.0. The average molecular weight is 273 g/mol. The first kappa shape index (κ1) is 13.6. The molecule has 0 bridgehead atoms. The number of rotatable bonds is 3. The summed E-state index contributed by atoms with van der Waals surface area (Å²) in [4.78, 5) is 14.0. The van der Waals surface area contributed by atoms with Crippen molar-refractivity contribution in [2.75, 3.05) is 13.1 Å². The van der Waals surface area contributed by atoms with Gasteiger partial charge < -0.3 is 5.11 Å². The zero-order valence-corrected chi connectivity index (χ0v) is 12.2. The van der Waals surface area contributed by atoms with Gasteiger partial charge in [-0.25, -0.2) is 0 Å². The second-order valence-electron chi connectivity index (χ2n) is 6.75. The highest BCUT2D eigenvalue weighted by molar-refractivity contribution is 5.72. The van der Waals surface area contributed by atoms with Crippen molar-refractivity contribution in [3.63, 3.8) is 0 Å². The fourth-order valence-corrected chi connectivity index (χ4v) is 4.35. The Bertz CT molecular complexity index is 501. The maximum Gasteiger partial charge on any atom is 0.308 e. The van der Waals surface area contributed by atoms with E-state index in [0.717, 1.165) is 19.5 Å². The fourth-order valence-electron chi connectivity index (χ4n) is 4.35. The number of likely N-dealkylation sites (tertiary alicyclic amines) is 1. The summed E-state index contributed by atoms with van der Waals surface area (Å²) in [5.74, 6) is 0.370. The van der Waals surface area contributed by atoms with Crippen molar-refractivity contribution in [2.24, 2.45) is 23.2 Å². The van der Waals surface area contributed by atoms with Crippen LogP contribution in [0.4, 0.5) is 0 Å². The van der Waals surface area contributed by atoms with E-state index in [4.69, 9.17) is 0 Å². The standard InChI is InChI=1S/C17H23NO2/c1-12-8-17(13(12)2)11-18(10-15(17)16(19)20)9-14-6-4-3-5-7-14/h3-7,12-13,15H,8-11H2,1-2H3,(H,19,20). The van der Waals surface area contributed by atoms with Gasteiger partial charge >= 0.3 is 5.97 Å². The molecule has 1 aromatic carbocycles. The quantitative estimate of drug-likeness (QED) is 0.920. The topological polar surface area (TPSA) is 40.5 Å². The summed E-state index contributed by atoms with van der Waals surface area (Å²) in [6.07, 6.45) is 1.07. The Morgan fingerprint density at radius 2 is 2.05 bits per heavy atom. The molecule has 2 fully saturated rings. The lowest BCUT2D eigenvalue weighted by molar-refractivity contribution is -0.152. The molecule has 3 nitrogen and oxygen atoms in total. The molecule has 2 aliphatic rings. The van der Waals surface area contributed by atoms with Crippen LogP contribution in [0.1, 0.15) is 25.8 Å². The number of benzene rings is 1. The Kier molecular flexibility index (Phi) is 3.33. The van der Waals surface area contributed by atoms with Gasteiger partial charge in [-0.2, -0.15) is 0 Å². The van der Waals surface area contributed by atoms with Gasteiger partial charge in [0.2, 0.25) is 0 Å². The second kappa shape index (κ2) is 4.88. The van der Waals surface area contributed by atoms with Crippen LogP contribution in [0.3, 0.4) is 0 Å². The third-order valence-corrected chi connectivity index (χ3v) is 5.66. The Hall–Kier alpha value is -1.35. The van der Waals surface area contributed by atoms with E-state index >= 15 is 0 Å². The number of hydrogen-bond donors (Lipinski definition) is 1. The van der Waals surface area contributed by atoms with E-state index in [2.05, 4.69) is 30.9 Å². The number of carboxylic acids is 1. The molecule has 0 radical (unpaired) electrons. The summed E-state index contributed by atoms with van der Waals surface area (Å²) >= 11 is 0. The van der Waals surface area contributed by atoms with E-state index in [0.29, 0.717) is 18.4 Å². The molecular formula is C17H23NO2. The maximum absolute atomic E-state index is 11.6. The van der Waals surface area contributed by atoms with Crippen LogP contribution in [0.5, 0.6) is 0 Å². The van der Waals surface area contributed by atoms with Crippen LogP contribution in [-0.2, 0) is 11.3 Å². The van der Waals surface area contributed by atoms with Crippen LogP contribution in [0.15, 0.2) is 30.3 Å². The molecule has 1 aromatic rings. The van der Waals surface area contributed by atoms with Crippen LogP contribution in [0.25, 0.3) is 0 Å². The summed E-state index contributed by atoms with van der Waals surface area (Å²) in [7, 11) is 0. The minimum Gasteiger partial charge on any atom is -0.481 e. The van der Waals surface area contributed by atoms with E-state index in [9.17, 15) is 9.90 Å². The molecule has 4 atom stereocenters. The van der Waals surface area contributed by atoms with Crippen molar-refractivity contribution in [3.8, 4) is 0 Å². The number of carboxylic acid groups (broad SMARTS) is 1. The first-order valence-electron chi connectivity index (χ1n) is 7.52. The van der Waals surface area contributed by atoms with Crippen molar-refractivity contribution < 1.29 is 9.90 Å². The Morgan fingerprint density at radius 3 is 2.60 bits per heavy atom. The Labute approximate surface area is 120 Å². The van der Waals surface area contributed by atoms with Crippen molar-refractivity contribution in [3.05, 3.63) is 35.9 Å². The fraction of sp³-hybridized carbons (Fsp3) is 0.588. The summed E-state index contributed by atoms with van der Waals surface area (Å²) < 4.78 is 0.